The van der Waals surface area contributed by atoms with Crippen molar-refractivity contribution in [3.05, 3.63) is 76.4 Å². The third kappa shape index (κ3) is 8.95. The zero-order valence-electron chi connectivity index (χ0n) is 27.9. The molecule has 1 amide bonds. The number of nitrogen functional groups attached to an aromatic ring is 1. The predicted molar refractivity (Wildman–Crippen MR) is 186 cm³/mol. The molecule has 4 N–H and O–H groups in total. The summed E-state index contributed by atoms with van der Waals surface area (Å²) in [5.74, 6) is 0.266. The summed E-state index contributed by atoms with van der Waals surface area (Å²) in [5, 5.41) is 12.3. The lowest BCUT2D eigenvalue weighted by Gasteiger charge is -2.29. The van der Waals surface area contributed by atoms with E-state index in [1.807, 2.05) is 23.1 Å². The van der Waals surface area contributed by atoms with Gasteiger partial charge >= 0.3 is 0 Å². The minimum absolute atomic E-state index is 0.0569. The van der Waals surface area contributed by atoms with Gasteiger partial charge in [-0.15, -0.1) is 0 Å². The third-order valence-electron chi connectivity index (χ3n) is 8.49. The van der Waals surface area contributed by atoms with Gasteiger partial charge in [-0.25, -0.2) is 4.99 Å². The van der Waals surface area contributed by atoms with Crippen LogP contribution < -0.4 is 11.1 Å². The monoisotopic (exact) mass is 658 g/mol. The minimum atomic E-state index is -0.0569. The Balaban J connectivity index is 1.09. The molecule has 0 saturated heterocycles. The molecule has 12 nitrogen and oxygen atoms in total. The van der Waals surface area contributed by atoms with Crippen LogP contribution >= 0.6 is 0 Å². The average Bonchev–Trinajstić information content (AvgIpc) is 3.63. The number of hydrogen-bond acceptors (Lipinski definition) is 10. The quantitative estimate of drug-likeness (QED) is 0.109. The van der Waals surface area contributed by atoms with E-state index in [1.54, 1.807) is 20.2 Å². The molecule has 0 saturated carbocycles. The van der Waals surface area contributed by atoms with Gasteiger partial charge in [-0.2, -0.15) is 4.98 Å². The van der Waals surface area contributed by atoms with Crippen molar-refractivity contribution in [2.45, 2.75) is 45.2 Å². The van der Waals surface area contributed by atoms with Crippen LogP contribution in [0.2, 0.25) is 0 Å². The number of nitrogens with one attached hydrogen (secondary N) is 2. The Morgan fingerprint density at radius 3 is 2.60 bits per heavy atom. The minimum Gasteiger partial charge on any atom is -0.424 e. The number of aliphatic imine (C=N–C) groups is 1. The van der Waals surface area contributed by atoms with Crippen LogP contribution in [0.5, 0.6) is 0 Å². The van der Waals surface area contributed by atoms with Gasteiger partial charge in [0.15, 0.2) is 11.4 Å². The molecule has 2 aliphatic heterocycles. The lowest BCUT2D eigenvalue weighted by atomic mass is 9.93. The number of fused-ring (bicyclic) bond motifs is 2. The number of oxazole rings is 1. The number of ether oxygens (including phenoxy) is 4. The fourth-order valence-electron chi connectivity index (χ4n) is 5.99. The second-order valence-electron chi connectivity index (χ2n) is 11.7. The number of nitrogens with two attached hydrogens (primary N) is 1. The molecule has 2 aliphatic rings. The van der Waals surface area contributed by atoms with Crippen molar-refractivity contribution in [1.82, 2.24) is 15.2 Å². The molecule has 48 heavy (non-hydrogen) atoms. The number of rotatable bonds is 17. The zero-order valence-corrected chi connectivity index (χ0v) is 27.9. The number of carbonyl (C=O) groups is 1. The van der Waals surface area contributed by atoms with Crippen molar-refractivity contribution < 1.29 is 28.2 Å². The number of anilines is 1. The fraction of sp³-hybridized carbons (Fsp3) is 0.444. The van der Waals surface area contributed by atoms with Crippen molar-refractivity contribution >= 4 is 40.8 Å². The molecule has 0 radical (unpaired) electrons. The second-order valence-corrected chi connectivity index (χ2v) is 11.7. The maximum absolute atomic E-state index is 12.9. The van der Waals surface area contributed by atoms with Gasteiger partial charge in [-0.1, -0.05) is 24.8 Å². The highest BCUT2D eigenvalue weighted by Gasteiger charge is 2.31. The van der Waals surface area contributed by atoms with Crippen LogP contribution in [0, 0.1) is 5.41 Å². The van der Waals surface area contributed by atoms with Crippen LogP contribution in [0.3, 0.4) is 0 Å². The molecule has 1 unspecified atom stereocenters. The van der Waals surface area contributed by atoms with Gasteiger partial charge in [0.1, 0.15) is 5.52 Å². The molecule has 3 aromatic rings. The number of amides is 1. The first-order chi connectivity index (χ1) is 23.4. The maximum atomic E-state index is 12.9. The molecule has 256 valence electrons. The van der Waals surface area contributed by atoms with E-state index in [1.165, 1.54) is 16.7 Å². The summed E-state index contributed by atoms with van der Waals surface area (Å²) in [6.07, 6.45) is 4.42. The first-order valence-corrected chi connectivity index (χ1v) is 16.4. The Bertz CT molecular complexity index is 1660. The number of hydrogen-bond donors (Lipinski definition) is 3. The summed E-state index contributed by atoms with van der Waals surface area (Å²) >= 11 is 0. The van der Waals surface area contributed by atoms with E-state index in [-0.39, 0.29) is 23.8 Å². The van der Waals surface area contributed by atoms with Crippen molar-refractivity contribution in [2.75, 3.05) is 65.6 Å². The first kappa shape index (κ1) is 35.0. The Hall–Kier alpha value is -4.36. The highest BCUT2D eigenvalue weighted by molar-refractivity contribution is 6.11. The Labute approximate surface area is 281 Å². The molecule has 0 spiro atoms. The highest BCUT2D eigenvalue weighted by atomic mass is 16.6. The fourth-order valence-corrected chi connectivity index (χ4v) is 5.99. The normalized spacial score (nSPS) is 16.2. The molecule has 0 fully saturated rings. The van der Waals surface area contributed by atoms with Crippen LogP contribution in [-0.4, -0.2) is 93.8 Å². The van der Waals surface area contributed by atoms with Gasteiger partial charge in [0.05, 0.1) is 64.4 Å². The molecule has 12 heteroatoms. The van der Waals surface area contributed by atoms with E-state index in [9.17, 15) is 4.79 Å². The Morgan fingerprint density at radius 1 is 1.10 bits per heavy atom. The van der Waals surface area contributed by atoms with E-state index >= 15 is 0 Å². The lowest BCUT2D eigenvalue weighted by molar-refractivity contribution is -0.133. The van der Waals surface area contributed by atoms with Crippen LogP contribution in [0.1, 0.15) is 42.0 Å². The van der Waals surface area contributed by atoms with Crippen molar-refractivity contribution in [3.8, 4) is 0 Å². The van der Waals surface area contributed by atoms with E-state index in [2.05, 4.69) is 40.1 Å². The van der Waals surface area contributed by atoms with Gasteiger partial charge < -0.3 is 39.3 Å². The highest BCUT2D eigenvalue weighted by Crippen LogP contribution is 2.35. The van der Waals surface area contributed by atoms with Crippen LogP contribution in [0.15, 0.2) is 63.5 Å². The van der Waals surface area contributed by atoms with Gasteiger partial charge in [-0.3, -0.25) is 10.2 Å². The second kappa shape index (κ2) is 17.2. The van der Waals surface area contributed by atoms with Crippen LogP contribution in [0.4, 0.5) is 6.01 Å². The Kier molecular flexibility index (Phi) is 12.5. The molecule has 3 heterocycles. The third-order valence-corrected chi connectivity index (χ3v) is 8.49. The van der Waals surface area contributed by atoms with Crippen LogP contribution in [0.25, 0.3) is 16.8 Å². The molecule has 1 atom stereocenters. The summed E-state index contributed by atoms with van der Waals surface area (Å²) in [7, 11) is 1.64. The number of aromatic nitrogens is 1. The summed E-state index contributed by atoms with van der Waals surface area (Å²) in [6, 6.07) is 12.3. The summed E-state index contributed by atoms with van der Waals surface area (Å²) in [4.78, 5) is 23.3. The van der Waals surface area contributed by atoms with Gasteiger partial charge in [-0.05, 0) is 66.6 Å². The largest absolute Gasteiger partial charge is 0.424 e. The topological polar surface area (TPSA) is 158 Å². The average molecular weight is 659 g/mol. The van der Waals surface area contributed by atoms with Crippen molar-refractivity contribution in [3.63, 3.8) is 0 Å². The summed E-state index contributed by atoms with van der Waals surface area (Å²) in [6.45, 7) is 10.9. The number of carbonyl (C=O) groups excluding carboxylic acids is 1. The number of amidine groups is 1. The number of methoxy groups -OCH3 is 1. The molecule has 2 aromatic carbocycles. The van der Waals surface area contributed by atoms with Gasteiger partial charge in [0.25, 0.3) is 6.01 Å². The van der Waals surface area contributed by atoms with E-state index < -0.39 is 0 Å². The number of benzene rings is 2. The van der Waals surface area contributed by atoms with Crippen LogP contribution in [-0.2, 0) is 43.1 Å². The summed E-state index contributed by atoms with van der Waals surface area (Å²) < 4.78 is 26.8. The molecular weight excluding hydrogens is 612 g/mol. The van der Waals surface area contributed by atoms with Gasteiger partial charge in [0.2, 0.25) is 5.91 Å². The molecule has 0 aliphatic carbocycles. The van der Waals surface area contributed by atoms with Gasteiger partial charge in [0, 0.05) is 37.6 Å². The Morgan fingerprint density at radius 2 is 1.85 bits per heavy atom. The molecule has 5 rings (SSSR count). The molecular formula is C36H46N6O6. The first-order valence-electron chi connectivity index (χ1n) is 16.4. The molecule has 1 aromatic heterocycles. The summed E-state index contributed by atoms with van der Waals surface area (Å²) in [5.41, 5.74) is 13.9. The maximum Gasteiger partial charge on any atom is 0.292 e. The van der Waals surface area contributed by atoms with E-state index in [4.69, 9.17) is 34.5 Å². The van der Waals surface area contributed by atoms with Crippen molar-refractivity contribution in [2.24, 2.45) is 4.99 Å². The van der Waals surface area contributed by atoms with E-state index in [0.29, 0.717) is 82.4 Å². The predicted octanol–water partition coefficient (Wildman–Crippen LogP) is 4.32. The standard InChI is InChI=1S/C36H46N6O6/c1-4-39-35(37)33-24(2)29(40-34(33)27-8-10-31-30(22-27)41-36(38)48-31)9-6-25-5-7-28-23-42(13-11-26(28)21-25)32(43)12-14-45-17-18-47-20-19-46-16-15-44-3/h4-5,7-8,10,21-22,29,37,40H,2,6,9,11-20,23H2,1,3H3,(H2,38,41). The smallest absolute Gasteiger partial charge is 0.292 e. The number of aryl methyl sites for hydroxylation is 1. The van der Waals surface area contributed by atoms with Crippen molar-refractivity contribution in [1.29, 1.82) is 5.41 Å². The number of nitrogens with zero attached hydrogens (tertiary/aromatic N) is 3. The molecule has 0 bridgehead atoms. The van der Waals surface area contributed by atoms with E-state index in [0.717, 1.165) is 36.1 Å². The SMILES string of the molecule is C=C1C(C(=N)N=CC)=C(c2ccc3oc(N)nc3c2)NC1CCc1ccc2c(c1)CCN(C(=O)CCOCCOCCOCCOC)C2. The lowest BCUT2D eigenvalue weighted by Crippen LogP contribution is -2.36. The zero-order chi connectivity index (χ0) is 33.9.